The highest BCUT2D eigenvalue weighted by Gasteiger charge is 2.33. The quantitative estimate of drug-likeness (QED) is 0.0760. The number of unbranched alkanes of at least 4 members (excludes halogenated alkanes) is 15. The first-order chi connectivity index (χ1) is 15.2. The van der Waals surface area contributed by atoms with E-state index in [9.17, 15) is 0 Å². The number of rotatable bonds is 25. The molecule has 0 spiro atoms. The molecule has 0 saturated heterocycles. The van der Waals surface area contributed by atoms with Gasteiger partial charge in [0.05, 0.1) is 6.61 Å². The zero-order chi connectivity index (χ0) is 22.9. The summed E-state index contributed by atoms with van der Waals surface area (Å²) in [5.41, 5.74) is 0. The molecule has 0 amide bonds. The van der Waals surface area contributed by atoms with Crippen LogP contribution in [-0.2, 0) is 4.43 Å². The average Bonchev–Trinajstić information content (AvgIpc) is 2.78. The first-order valence-electron chi connectivity index (χ1n) is 14.5. The van der Waals surface area contributed by atoms with Crippen molar-refractivity contribution >= 4 is 8.32 Å². The van der Waals surface area contributed by atoms with Crippen molar-refractivity contribution in [2.24, 2.45) is 0 Å². The van der Waals surface area contributed by atoms with E-state index >= 15 is 0 Å². The molecular formula is C29H60OSi. The van der Waals surface area contributed by atoms with Crippen LogP contribution in [0, 0.1) is 0 Å². The topological polar surface area (TPSA) is 9.23 Å². The Morgan fingerprint density at radius 2 is 0.839 bits per heavy atom. The van der Waals surface area contributed by atoms with Crippen molar-refractivity contribution < 1.29 is 4.43 Å². The first kappa shape index (κ1) is 30.9. The van der Waals surface area contributed by atoms with Gasteiger partial charge in [-0.15, -0.1) is 0 Å². The lowest BCUT2D eigenvalue weighted by molar-refractivity contribution is 0.333. The molecule has 0 aromatic heterocycles. The molecule has 0 aliphatic rings. The highest BCUT2D eigenvalue weighted by Crippen LogP contribution is 2.31. The molecule has 0 aliphatic heterocycles. The molecule has 0 radical (unpaired) electrons. The SMILES string of the molecule is CCCCCCCC/C=C/CO[Si](CCCCCC)(CCCCCC)CCCCCC. The lowest BCUT2D eigenvalue weighted by Gasteiger charge is -2.32. The Morgan fingerprint density at radius 1 is 0.452 bits per heavy atom. The van der Waals surface area contributed by atoms with Gasteiger partial charge in [-0.25, -0.2) is 0 Å². The van der Waals surface area contributed by atoms with Gasteiger partial charge in [0.15, 0.2) is 8.32 Å². The van der Waals surface area contributed by atoms with Gasteiger partial charge in [-0.2, -0.15) is 0 Å². The van der Waals surface area contributed by atoms with Crippen molar-refractivity contribution in [3.05, 3.63) is 12.2 Å². The van der Waals surface area contributed by atoms with Crippen molar-refractivity contribution in [1.29, 1.82) is 0 Å². The van der Waals surface area contributed by atoms with E-state index in [4.69, 9.17) is 4.43 Å². The van der Waals surface area contributed by atoms with Crippen LogP contribution in [0.1, 0.15) is 150 Å². The fraction of sp³-hybridized carbons (Fsp3) is 0.931. The zero-order valence-corrected chi connectivity index (χ0v) is 23.3. The van der Waals surface area contributed by atoms with Crippen LogP contribution in [0.3, 0.4) is 0 Å². The van der Waals surface area contributed by atoms with Crippen molar-refractivity contribution in [3.8, 4) is 0 Å². The molecular weight excluding hydrogens is 392 g/mol. The Kier molecular flexibility index (Phi) is 24.5. The van der Waals surface area contributed by atoms with Gasteiger partial charge < -0.3 is 4.43 Å². The highest BCUT2D eigenvalue weighted by atomic mass is 28.4. The second-order valence-electron chi connectivity index (χ2n) is 9.95. The Morgan fingerprint density at radius 3 is 1.29 bits per heavy atom. The van der Waals surface area contributed by atoms with Crippen LogP contribution in [0.2, 0.25) is 18.1 Å². The van der Waals surface area contributed by atoms with Gasteiger partial charge in [0, 0.05) is 0 Å². The number of hydrogen-bond donors (Lipinski definition) is 0. The summed E-state index contributed by atoms with van der Waals surface area (Å²) in [5.74, 6) is 0. The molecule has 31 heavy (non-hydrogen) atoms. The Balaban J connectivity index is 4.58. The van der Waals surface area contributed by atoms with Crippen LogP contribution in [0.25, 0.3) is 0 Å². The standard InChI is InChI=1S/C29H60OSi/c1-5-9-13-17-18-19-20-21-22-26-30-31(27-23-14-10-6-2,28-24-15-11-7-3)29-25-16-12-8-4/h21-22H,5-20,23-29H2,1-4H3/b22-21+. The summed E-state index contributed by atoms with van der Waals surface area (Å²) >= 11 is 0. The largest absolute Gasteiger partial charge is 0.413 e. The van der Waals surface area contributed by atoms with E-state index in [1.54, 1.807) is 0 Å². The van der Waals surface area contributed by atoms with Gasteiger partial charge in [0.2, 0.25) is 0 Å². The minimum absolute atomic E-state index is 0.886. The third-order valence-electron chi connectivity index (χ3n) is 6.83. The second-order valence-corrected chi connectivity index (χ2v) is 14.1. The summed E-state index contributed by atoms with van der Waals surface area (Å²) in [4.78, 5) is 0. The molecule has 0 saturated carbocycles. The first-order valence-corrected chi connectivity index (χ1v) is 17.1. The monoisotopic (exact) mass is 452 g/mol. The molecule has 0 fully saturated rings. The molecule has 0 aromatic rings. The average molecular weight is 453 g/mol. The smallest absolute Gasteiger partial charge is 0.193 e. The van der Waals surface area contributed by atoms with E-state index in [1.807, 2.05) is 0 Å². The molecule has 0 rings (SSSR count). The Labute approximate surface area is 199 Å². The molecule has 1 nitrogen and oxygen atoms in total. The van der Waals surface area contributed by atoms with E-state index in [2.05, 4.69) is 39.8 Å². The van der Waals surface area contributed by atoms with Gasteiger partial charge in [-0.1, -0.05) is 149 Å². The lowest BCUT2D eigenvalue weighted by atomic mass is 10.1. The molecule has 0 aromatic carbocycles. The van der Waals surface area contributed by atoms with Crippen molar-refractivity contribution in [1.82, 2.24) is 0 Å². The maximum absolute atomic E-state index is 6.88. The molecule has 0 unspecified atom stereocenters. The Bertz CT molecular complexity index is 334. The highest BCUT2D eigenvalue weighted by molar-refractivity contribution is 6.73. The molecule has 0 N–H and O–H groups in total. The molecule has 0 heterocycles. The zero-order valence-electron chi connectivity index (χ0n) is 22.3. The van der Waals surface area contributed by atoms with E-state index < -0.39 is 8.32 Å². The van der Waals surface area contributed by atoms with Crippen LogP contribution in [0.4, 0.5) is 0 Å². The fourth-order valence-corrected chi connectivity index (χ4v) is 8.98. The Hall–Kier alpha value is -0.0831. The summed E-state index contributed by atoms with van der Waals surface area (Å²) in [7, 11) is -1.59. The lowest BCUT2D eigenvalue weighted by Crippen LogP contribution is -2.38. The van der Waals surface area contributed by atoms with Gasteiger partial charge in [-0.3, -0.25) is 0 Å². The fourth-order valence-electron chi connectivity index (χ4n) is 4.67. The third kappa shape index (κ3) is 20.3. The van der Waals surface area contributed by atoms with E-state index in [-0.39, 0.29) is 0 Å². The van der Waals surface area contributed by atoms with E-state index in [0.717, 1.165) is 6.61 Å². The van der Waals surface area contributed by atoms with E-state index in [0.29, 0.717) is 0 Å². The molecule has 0 aliphatic carbocycles. The minimum Gasteiger partial charge on any atom is -0.413 e. The summed E-state index contributed by atoms with van der Waals surface area (Å²) in [6.07, 6.45) is 31.0. The summed E-state index contributed by atoms with van der Waals surface area (Å²) in [6.45, 7) is 10.2. The predicted molar refractivity (Wildman–Crippen MR) is 146 cm³/mol. The minimum atomic E-state index is -1.59. The van der Waals surface area contributed by atoms with Gasteiger partial charge in [0.1, 0.15) is 0 Å². The molecule has 0 bridgehead atoms. The maximum Gasteiger partial charge on any atom is 0.193 e. The molecule has 186 valence electrons. The van der Waals surface area contributed by atoms with E-state index in [1.165, 1.54) is 140 Å². The van der Waals surface area contributed by atoms with Crippen LogP contribution >= 0.6 is 0 Å². The van der Waals surface area contributed by atoms with Gasteiger partial charge in [-0.05, 0) is 31.0 Å². The molecule has 0 atom stereocenters. The number of allylic oxidation sites excluding steroid dienone is 1. The normalized spacial score (nSPS) is 12.3. The van der Waals surface area contributed by atoms with Crippen LogP contribution in [0.15, 0.2) is 12.2 Å². The summed E-state index contributed by atoms with van der Waals surface area (Å²) in [6, 6.07) is 4.24. The van der Waals surface area contributed by atoms with Gasteiger partial charge in [0.25, 0.3) is 0 Å². The van der Waals surface area contributed by atoms with Crippen molar-refractivity contribution in [2.75, 3.05) is 6.61 Å². The molecule has 2 heteroatoms. The van der Waals surface area contributed by atoms with Crippen LogP contribution in [0.5, 0.6) is 0 Å². The van der Waals surface area contributed by atoms with Crippen molar-refractivity contribution in [2.45, 2.75) is 168 Å². The van der Waals surface area contributed by atoms with Gasteiger partial charge >= 0.3 is 0 Å². The van der Waals surface area contributed by atoms with Crippen LogP contribution < -0.4 is 0 Å². The summed E-state index contributed by atoms with van der Waals surface area (Å²) in [5, 5.41) is 0. The second kappa shape index (κ2) is 24.6. The van der Waals surface area contributed by atoms with Crippen LogP contribution in [-0.4, -0.2) is 14.9 Å². The number of hydrogen-bond acceptors (Lipinski definition) is 1. The third-order valence-corrected chi connectivity index (χ3v) is 11.4. The summed E-state index contributed by atoms with van der Waals surface area (Å²) < 4.78 is 6.88. The van der Waals surface area contributed by atoms with Crippen molar-refractivity contribution in [3.63, 3.8) is 0 Å². The predicted octanol–water partition coefficient (Wildman–Crippen LogP) is 11.0. The maximum atomic E-state index is 6.88.